The van der Waals surface area contributed by atoms with Crippen LogP contribution < -0.4 is 9.47 Å². The van der Waals surface area contributed by atoms with Crippen molar-refractivity contribution in [2.24, 2.45) is 0 Å². The first-order chi connectivity index (χ1) is 18.6. The first-order valence-corrected chi connectivity index (χ1v) is 13.0. The number of aromatic nitrogens is 1. The van der Waals surface area contributed by atoms with E-state index in [1.165, 1.54) is 5.56 Å². The van der Waals surface area contributed by atoms with Crippen LogP contribution in [0.3, 0.4) is 0 Å². The second-order valence-electron chi connectivity index (χ2n) is 8.20. The second-order valence-corrected chi connectivity index (χ2v) is 8.20. The Balaban J connectivity index is 0.000000491. The number of nitrogens with zero attached hydrogens (tertiary/aromatic N) is 1. The van der Waals surface area contributed by atoms with Gasteiger partial charge in [0, 0.05) is 23.2 Å². The van der Waals surface area contributed by atoms with E-state index in [-0.39, 0.29) is 0 Å². The Bertz CT molecular complexity index is 1380. The van der Waals surface area contributed by atoms with Crippen LogP contribution in [0.2, 0.25) is 0 Å². The van der Waals surface area contributed by atoms with Gasteiger partial charge in [-0.2, -0.15) is 0 Å². The minimum absolute atomic E-state index is 0.458. The van der Waals surface area contributed by atoms with Crippen LogP contribution in [0.25, 0.3) is 17.0 Å². The molecule has 0 fully saturated rings. The summed E-state index contributed by atoms with van der Waals surface area (Å²) < 4.78 is 12.0. The standard InChI is InChI=1S/C26H23NO2.C7H10.C2H6/c1-3-25-19(2)8-6-10-22(25)18-29-24-12-7-11-23(15-24)28-17-20-14-21-9-4-5-13-26(21)27-16-20;1-4-7(5-2)6-3;1-2/h3-16H,1,17-18H2,2H3;4H,1-2,6H2,3H3;1-2H3. The molecular weight excluding hydrogens is 466 g/mol. The van der Waals surface area contributed by atoms with Crippen LogP contribution in [-0.4, -0.2) is 4.98 Å². The summed E-state index contributed by atoms with van der Waals surface area (Å²) in [5.74, 6) is 1.54. The maximum atomic E-state index is 6.00. The summed E-state index contributed by atoms with van der Waals surface area (Å²) in [4.78, 5) is 4.48. The molecule has 4 rings (SSSR count). The monoisotopic (exact) mass is 505 g/mol. The zero-order chi connectivity index (χ0) is 27.8. The van der Waals surface area contributed by atoms with Crippen molar-refractivity contribution in [1.82, 2.24) is 4.98 Å². The molecule has 3 heteroatoms. The smallest absolute Gasteiger partial charge is 0.123 e. The van der Waals surface area contributed by atoms with E-state index in [0.29, 0.717) is 13.2 Å². The molecule has 0 aliphatic rings. The van der Waals surface area contributed by atoms with Crippen LogP contribution in [0.15, 0.2) is 116 Å². The summed E-state index contributed by atoms with van der Waals surface area (Å²) in [7, 11) is 0. The van der Waals surface area contributed by atoms with Crippen molar-refractivity contribution in [2.75, 3.05) is 0 Å². The zero-order valence-corrected chi connectivity index (χ0v) is 23.2. The maximum absolute atomic E-state index is 6.00. The predicted octanol–water partition coefficient (Wildman–Crippen LogP) is 9.66. The van der Waals surface area contributed by atoms with E-state index in [1.807, 2.05) is 74.7 Å². The molecule has 0 atom stereocenters. The third-order valence-corrected chi connectivity index (χ3v) is 5.73. The van der Waals surface area contributed by atoms with Gasteiger partial charge in [-0.15, -0.1) is 5.73 Å². The molecule has 0 N–H and O–H groups in total. The van der Waals surface area contributed by atoms with Gasteiger partial charge in [-0.25, -0.2) is 0 Å². The number of hydrogen-bond donors (Lipinski definition) is 0. The number of fused-ring (bicyclic) bond motifs is 1. The normalized spacial score (nSPS) is 9.58. The lowest BCUT2D eigenvalue weighted by Gasteiger charge is -2.12. The highest BCUT2D eigenvalue weighted by atomic mass is 16.5. The Kier molecular flexibility index (Phi) is 12.9. The molecule has 196 valence electrons. The molecule has 0 saturated heterocycles. The number of rotatable bonds is 9. The molecule has 0 saturated carbocycles. The van der Waals surface area contributed by atoms with Gasteiger partial charge in [-0.3, -0.25) is 4.98 Å². The highest BCUT2D eigenvalue weighted by Gasteiger charge is 2.05. The largest absolute Gasteiger partial charge is 0.489 e. The van der Waals surface area contributed by atoms with Crippen molar-refractivity contribution in [3.8, 4) is 11.5 Å². The molecule has 0 amide bonds. The van der Waals surface area contributed by atoms with Crippen LogP contribution >= 0.6 is 0 Å². The molecule has 0 bridgehead atoms. The molecule has 4 aromatic rings. The van der Waals surface area contributed by atoms with Crippen LogP contribution in [0.4, 0.5) is 0 Å². The number of benzene rings is 3. The Morgan fingerprint density at radius 1 is 0.895 bits per heavy atom. The van der Waals surface area contributed by atoms with Gasteiger partial charge in [0.15, 0.2) is 0 Å². The summed E-state index contributed by atoms with van der Waals surface area (Å²) in [6.07, 6.45) is 6.49. The van der Waals surface area contributed by atoms with Crippen molar-refractivity contribution in [2.45, 2.75) is 47.3 Å². The number of pyridine rings is 1. The Hall–Kier alpha value is -4.33. The minimum Gasteiger partial charge on any atom is -0.489 e. The summed E-state index contributed by atoms with van der Waals surface area (Å²) in [5, 5.41) is 1.11. The lowest BCUT2D eigenvalue weighted by Crippen LogP contribution is -2.00. The summed E-state index contributed by atoms with van der Waals surface area (Å²) >= 11 is 0. The lowest BCUT2D eigenvalue weighted by molar-refractivity contribution is 0.289. The third-order valence-electron chi connectivity index (χ3n) is 5.73. The predicted molar refractivity (Wildman–Crippen MR) is 163 cm³/mol. The third kappa shape index (κ3) is 8.96. The van der Waals surface area contributed by atoms with E-state index in [1.54, 1.807) is 6.08 Å². The van der Waals surface area contributed by atoms with Crippen LogP contribution in [-0.2, 0) is 13.2 Å². The average molecular weight is 506 g/mol. The van der Waals surface area contributed by atoms with Gasteiger partial charge in [0.05, 0.1) is 5.52 Å². The molecule has 1 aromatic heterocycles. The molecule has 0 aliphatic heterocycles. The SMILES string of the molecule is C=C=C(C=C)CC.C=Cc1c(C)cccc1COc1cccc(OCc2cnc3ccccc3c2)c1.CC. The first kappa shape index (κ1) is 29.9. The molecule has 3 nitrogen and oxygen atoms in total. The van der Waals surface area contributed by atoms with Gasteiger partial charge >= 0.3 is 0 Å². The van der Waals surface area contributed by atoms with E-state index >= 15 is 0 Å². The zero-order valence-electron chi connectivity index (χ0n) is 23.2. The first-order valence-electron chi connectivity index (χ1n) is 13.0. The van der Waals surface area contributed by atoms with E-state index in [4.69, 9.17) is 9.47 Å². The van der Waals surface area contributed by atoms with Crippen molar-refractivity contribution in [3.63, 3.8) is 0 Å². The lowest BCUT2D eigenvalue weighted by atomic mass is 10.0. The molecule has 0 spiro atoms. The molecule has 3 aromatic carbocycles. The number of aryl methyl sites for hydroxylation is 1. The van der Waals surface area contributed by atoms with Crippen molar-refractivity contribution in [1.29, 1.82) is 0 Å². The fraction of sp³-hybridized carbons (Fsp3) is 0.200. The van der Waals surface area contributed by atoms with Gasteiger partial charge < -0.3 is 9.47 Å². The van der Waals surface area contributed by atoms with E-state index < -0.39 is 0 Å². The Labute approximate surface area is 228 Å². The summed E-state index contributed by atoms with van der Waals surface area (Å²) in [6, 6.07) is 24.1. The molecule has 38 heavy (non-hydrogen) atoms. The maximum Gasteiger partial charge on any atom is 0.123 e. The van der Waals surface area contributed by atoms with E-state index in [2.05, 4.69) is 68.6 Å². The number of para-hydroxylation sites is 1. The van der Waals surface area contributed by atoms with Gasteiger partial charge in [-0.1, -0.05) is 95.1 Å². The molecule has 1 heterocycles. The number of ether oxygens (including phenoxy) is 2. The Morgan fingerprint density at radius 3 is 2.21 bits per heavy atom. The van der Waals surface area contributed by atoms with Gasteiger partial charge in [-0.05, 0) is 59.9 Å². The average Bonchev–Trinajstić information content (AvgIpc) is 2.97. The van der Waals surface area contributed by atoms with Crippen molar-refractivity contribution in [3.05, 3.63) is 138 Å². The molecule has 0 aliphatic carbocycles. The minimum atomic E-state index is 0.458. The number of hydrogen-bond acceptors (Lipinski definition) is 3. The topological polar surface area (TPSA) is 31.4 Å². The second kappa shape index (κ2) is 16.4. The summed E-state index contributed by atoms with van der Waals surface area (Å²) in [5.41, 5.74) is 9.30. The van der Waals surface area contributed by atoms with Gasteiger partial charge in [0.2, 0.25) is 0 Å². The highest BCUT2D eigenvalue weighted by molar-refractivity contribution is 5.78. The number of allylic oxidation sites excluding steroid dienone is 2. The quantitative estimate of drug-likeness (QED) is 0.168. The highest BCUT2D eigenvalue weighted by Crippen LogP contribution is 2.23. The Morgan fingerprint density at radius 2 is 1.58 bits per heavy atom. The van der Waals surface area contributed by atoms with E-state index in [0.717, 1.165) is 51.1 Å². The molecule has 0 unspecified atom stereocenters. The van der Waals surface area contributed by atoms with Crippen LogP contribution in [0.5, 0.6) is 11.5 Å². The van der Waals surface area contributed by atoms with Gasteiger partial charge in [0.25, 0.3) is 0 Å². The van der Waals surface area contributed by atoms with Crippen LogP contribution in [0.1, 0.15) is 49.4 Å². The van der Waals surface area contributed by atoms with Crippen LogP contribution in [0, 0.1) is 6.92 Å². The van der Waals surface area contributed by atoms with Crippen molar-refractivity contribution >= 4 is 17.0 Å². The van der Waals surface area contributed by atoms with Crippen molar-refractivity contribution < 1.29 is 9.47 Å². The summed E-state index contributed by atoms with van der Waals surface area (Å²) in [6.45, 7) is 20.0. The molecular formula is C35H39NO2. The van der Waals surface area contributed by atoms with E-state index in [9.17, 15) is 0 Å². The van der Waals surface area contributed by atoms with Gasteiger partial charge in [0.1, 0.15) is 24.7 Å². The molecule has 0 radical (unpaired) electrons. The fourth-order valence-corrected chi connectivity index (χ4v) is 3.68. The fourth-order valence-electron chi connectivity index (χ4n) is 3.68.